The van der Waals surface area contributed by atoms with Crippen molar-refractivity contribution in [2.45, 2.75) is 111 Å². The van der Waals surface area contributed by atoms with E-state index in [0.29, 0.717) is 17.7 Å². The maximum absolute atomic E-state index is 12.9. The molecule has 2 heterocycles. The molecule has 1 saturated heterocycles. The molecule has 1 aliphatic rings. The number of hydrogen-bond donors (Lipinski definition) is 1. The van der Waals surface area contributed by atoms with E-state index in [-0.39, 0.29) is 35.1 Å². The lowest BCUT2D eigenvalue weighted by Gasteiger charge is -2.39. The minimum atomic E-state index is -2.09. The van der Waals surface area contributed by atoms with Gasteiger partial charge in [0.2, 0.25) is 0 Å². The van der Waals surface area contributed by atoms with Crippen LogP contribution in [0.5, 0.6) is 5.75 Å². The molecule has 3 rings (SSSR count). The van der Waals surface area contributed by atoms with E-state index in [4.69, 9.17) is 18.6 Å². The van der Waals surface area contributed by atoms with Gasteiger partial charge < -0.3 is 18.6 Å². The van der Waals surface area contributed by atoms with Crippen molar-refractivity contribution in [3.8, 4) is 5.75 Å². The Balaban J connectivity index is 1.92. The number of nitro groups is 1. The van der Waals surface area contributed by atoms with Crippen molar-refractivity contribution in [1.29, 1.82) is 0 Å². The molecule has 0 bridgehead atoms. The second-order valence-electron chi connectivity index (χ2n) is 13.2. The fourth-order valence-corrected chi connectivity index (χ4v) is 6.13. The van der Waals surface area contributed by atoms with Crippen molar-refractivity contribution in [2.24, 2.45) is 5.41 Å². The molecule has 11 nitrogen and oxygen atoms in total. The first kappa shape index (κ1) is 32.7. The molecule has 228 valence electrons. The minimum Gasteiger partial charge on any atom is -0.497 e. The predicted octanol–water partition coefficient (Wildman–Crippen LogP) is 5.85. The van der Waals surface area contributed by atoms with Gasteiger partial charge in [-0.15, -0.1) is 0 Å². The van der Waals surface area contributed by atoms with Gasteiger partial charge in [-0.2, -0.15) is 0 Å². The number of aromatic amines is 1. The van der Waals surface area contributed by atoms with Crippen molar-refractivity contribution in [1.82, 2.24) is 9.55 Å². The number of benzene rings is 1. The van der Waals surface area contributed by atoms with Crippen LogP contribution >= 0.6 is 0 Å². The van der Waals surface area contributed by atoms with Gasteiger partial charge in [0.15, 0.2) is 8.32 Å². The van der Waals surface area contributed by atoms with Gasteiger partial charge in [-0.1, -0.05) is 48.5 Å². The normalized spacial score (nSPS) is 20.7. The summed E-state index contributed by atoms with van der Waals surface area (Å²) in [5.41, 5.74) is -1.31. The highest BCUT2D eigenvalue weighted by molar-refractivity contribution is 6.74. The van der Waals surface area contributed by atoms with Gasteiger partial charge >= 0.3 is 5.69 Å². The lowest BCUT2D eigenvalue weighted by atomic mass is 9.83. The molecule has 1 aliphatic heterocycles. The summed E-state index contributed by atoms with van der Waals surface area (Å²) >= 11 is 0. The van der Waals surface area contributed by atoms with Crippen LogP contribution in [0, 0.1) is 15.5 Å². The zero-order valence-corrected chi connectivity index (χ0v) is 26.9. The van der Waals surface area contributed by atoms with E-state index in [1.165, 1.54) is 30.0 Å². The summed E-state index contributed by atoms with van der Waals surface area (Å²) in [4.78, 5) is 39.5. The van der Waals surface area contributed by atoms with E-state index in [9.17, 15) is 19.7 Å². The van der Waals surface area contributed by atoms with E-state index < -0.39 is 42.2 Å². The second-order valence-corrected chi connectivity index (χ2v) is 18.0. The van der Waals surface area contributed by atoms with Crippen molar-refractivity contribution in [2.75, 3.05) is 7.11 Å². The Labute approximate surface area is 242 Å². The van der Waals surface area contributed by atoms with Crippen LogP contribution in [0.2, 0.25) is 18.1 Å². The highest BCUT2D eigenvalue weighted by Crippen LogP contribution is 2.43. The maximum atomic E-state index is 12.9. The summed E-state index contributed by atoms with van der Waals surface area (Å²) in [5, 5.41) is 11.8. The Bertz CT molecular complexity index is 1360. The number of methoxy groups -OCH3 is 1. The molecule has 0 spiro atoms. The summed E-state index contributed by atoms with van der Waals surface area (Å²) in [6, 6.07) is 4.49. The fraction of sp³-hybridized carbons (Fsp3) is 0.655. The first-order valence-corrected chi connectivity index (χ1v) is 16.9. The summed E-state index contributed by atoms with van der Waals surface area (Å²) in [6.07, 6.45) is 0.916. The number of H-pyrrole nitrogens is 1. The zero-order valence-electron chi connectivity index (χ0n) is 25.9. The lowest BCUT2D eigenvalue weighted by Crippen LogP contribution is -2.45. The number of rotatable bonds is 10. The molecular weight excluding hydrogens is 546 g/mol. The fourth-order valence-electron chi connectivity index (χ4n) is 4.77. The maximum Gasteiger partial charge on any atom is 0.330 e. The number of ether oxygens (including phenoxy) is 3. The Morgan fingerprint density at radius 2 is 1.85 bits per heavy atom. The molecule has 0 amide bonds. The Morgan fingerprint density at radius 3 is 2.39 bits per heavy atom. The Hall–Kier alpha value is -2.80. The molecule has 0 aliphatic carbocycles. The number of nitrogens with one attached hydrogen (secondary N) is 1. The van der Waals surface area contributed by atoms with E-state index in [1.807, 2.05) is 27.7 Å². The summed E-state index contributed by atoms with van der Waals surface area (Å²) in [7, 11) is -0.606. The summed E-state index contributed by atoms with van der Waals surface area (Å²) in [6.45, 7) is 18.4. The van der Waals surface area contributed by atoms with Crippen LogP contribution in [-0.2, 0) is 20.5 Å². The van der Waals surface area contributed by atoms with Crippen molar-refractivity contribution in [3.63, 3.8) is 0 Å². The van der Waals surface area contributed by atoms with Crippen LogP contribution in [-0.4, -0.2) is 42.1 Å². The average Bonchev–Trinajstić information content (AvgIpc) is 3.25. The van der Waals surface area contributed by atoms with Crippen LogP contribution in [0.1, 0.15) is 84.8 Å². The lowest BCUT2D eigenvalue weighted by molar-refractivity contribution is -0.386. The summed E-state index contributed by atoms with van der Waals surface area (Å²) < 4.78 is 25.8. The van der Waals surface area contributed by atoms with Crippen LogP contribution in [0.25, 0.3) is 0 Å². The van der Waals surface area contributed by atoms with E-state index in [1.54, 1.807) is 6.07 Å². The third-order valence-corrected chi connectivity index (χ3v) is 12.6. The highest BCUT2D eigenvalue weighted by Gasteiger charge is 2.45. The molecule has 4 atom stereocenters. The van der Waals surface area contributed by atoms with E-state index >= 15 is 0 Å². The van der Waals surface area contributed by atoms with Gasteiger partial charge in [-0.25, -0.2) is 4.79 Å². The van der Waals surface area contributed by atoms with Crippen LogP contribution in [0.4, 0.5) is 5.69 Å². The molecule has 12 heteroatoms. The molecule has 1 aromatic heterocycles. The quantitative estimate of drug-likeness (QED) is 0.207. The SMILES string of the molecule is CC[C@H]1O[C@@H](n2cc(CO[C@H](c3cc(OC)ccc3[N+](=O)[O-])C(C)(C)C)c(=O)[nH]c2=O)CC1O[Si](C)(C)C(C)(C)C. The predicted molar refractivity (Wildman–Crippen MR) is 159 cm³/mol. The molecule has 41 heavy (non-hydrogen) atoms. The largest absolute Gasteiger partial charge is 0.497 e. The van der Waals surface area contributed by atoms with Gasteiger partial charge in [-0.05, 0) is 42.1 Å². The zero-order chi connectivity index (χ0) is 30.9. The molecule has 1 unspecified atom stereocenters. The highest BCUT2D eigenvalue weighted by atomic mass is 28.4. The summed E-state index contributed by atoms with van der Waals surface area (Å²) in [5.74, 6) is 0.452. The van der Waals surface area contributed by atoms with Gasteiger partial charge in [0, 0.05) is 18.7 Å². The molecular formula is C29H45N3O8Si. The Morgan fingerprint density at radius 1 is 1.20 bits per heavy atom. The third-order valence-electron chi connectivity index (χ3n) is 8.09. The second kappa shape index (κ2) is 12.2. The smallest absolute Gasteiger partial charge is 0.330 e. The first-order valence-electron chi connectivity index (χ1n) is 14.0. The van der Waals surface area contributed by atoms with Crippen LogP contribution < -0.4 is 16.0 Å². The monoisotopic (exact) mass is 591 g/mol. The Kier molecular flexibility index (Phi) is 9.73. The van der Waals surface area contributed by atoms with Gasteiger partial charge in [0.25, 0.3) is 11.2 Å². The molecule has 0 radical (unpaired) electrons. The number of nitrogens with zero attached hydrogens (tertiary/aromatic N) is 2. The first-order chi connectivity index (χ1) is 18.9. The van der Waals surface area contributed by atoms with Crippen molar-refractivity contribution < 1.29 is 23.6 Å². The molecule has 1 aromatic carbocycles. The molecule has 1 fully saturated rings. The van der Waals surface area contributed by atoms with E-state index in [0.717, 1.165) is 6.42 Å². The minimum absolute atomic E-state index is 0.0180. The van der Waals surface area contributed by atoms with E-state index in [2.05, 4.69) is 38.8 Å². The van der Waals surface area contributed by atoms with Gasteiger partial charge in [0.1, 0.15) is 12.0 Å². The van der Waals surface area contributed by atoms with Crippen molar-refractivity contribution in [3.05, 3.63) is 66.5 Å². The number of nitro benzene ring substituents is 1. The molecule has 0 saturated carbocycles. The third kappa shape index (κ3) is 7.35. The molecule has 1 N–H and O–H groups in total. The van der Waals surface area contributed by atoms with Crippen LogP contribution in [0.15, 0.2) is 34.0 Å². The number of hydrogen-bond acceptors (Lipinski definition) is 8. The average molecular weight is 592 g/mol. The standard InChI is InChI=1S/C29H45N3O8Si/c1-11-22-23(40-41(9,10)29(5,6)7)15-24(39-22)31-16-18(26(33)30-27(31)34)17-38-25(28(2,3)4)20-14-19(37-8)12-13-21(20)32(35)36/h12-14,16,22-25H,11,15,17H2,1-10H3,(H,30,33,34)/t22-,23?,24-,25-/m1/s1. The molecule has 2 aromatic rings. The number of aromatic nitrogens is 2. The van der Waals surface area contributed by atoms with Gasteiger partial charge in [-0.3, -0.25) is 24.5 Å². The van der Waals surface area contributed by atoms with Crippen LogP contribution in [0.3, 0.4) is 0 Å². The van der Waals surface area contributed by atoms with Gasteiger partial charge in [0.05, 0.1) is 48.1 Å². The topological polar surface area (TPSA) is 135 Å². The van der Waals surface area contributed by atoms with Crippen molar-refractivity contribution >= 4 is 14.0 Å².